The van der Waals surface area contributed by atoms with Gasteiger partial charge in [-0.3, -0.25) is 4.79 Å². The second-order valence-electron chi connectivity index (χ2n) is 4.07. The van der Waals surface area contributed by atoms with E-state index in [0.717, 1.165) is 18.9 Å². The average Bonchev–Trinajstić information content (AvgIpc) is 2.64. The molecule has 0 amide bonds. The van der Waals surface area contributed by atoms with E-state index in [-0.39, 0.29) is 5.78 Å². The normalized spacial score (nSPS) is 11.0. The lowest BCUT2D eigenvalue weighted by atomic mass is 10.2. The van der Waals surface area contributed by atoms with E-state index in [2.05, 4.69) is 29.2 Å². The summed E-state index contributed by atoms with van der Waals surface area (Å²) in [7, 11) is 0. The average molecular weight is 224 g/mol. The molecule has 0 aromatic carbocycles. The van der Waals surface area contributed by atoms with Gasteiger partial charge in [0.15, 0.2) is 0 Å². The van der Waals surface area contributed by atoms with Crippen LogP contribution >= 0.6 is 0 Å². The fourth-order valence-corrected chi connectivity index (χ4v) is 1.45. The zero-order valence-electron chi connectivity index (χ0n) is 10.2. The van der Waals surface area contributed by atoms with E-state index < -0.39 is 0 Å². The molecule has 1 aromatic rings. The van der Waals surface area contributed by atoms with Gasteiger partial charge in [-0.15, -0.1) is 0 Å². The number of hydrogen-bond donors (Lipinski definition) is 1. The van der Waals surface area contributed by atoms with Gasteiger partial charge in [0.05, 0.1) is 6.42 Å². The van der Waals surface area contributed by atoms with Gasteiger partial charge in [-0.1, -0.05) is 13.8 Å². The number of rotatable bonds is 7. The summed E-state index contributed by atoms with van der Waals surface area (Å²) in [4.78, 5) is 15.7. The smallest absolute Gasteiger partial charge is 0.141 e. The number of aromatic nitrogens is 3. The van der Waals surface area contributed by atoms with Crippen molar-refractivity contribution in [2.24, 2.45) is 0 Å². The molecule has 0 aliphatic rings. The van der Waals surface area contributed by atoms with Crippen LogP contribution in [-0.2, 0) is 17.8 Å². The molecule has 16 heavy (non-hydrogen) atoms. The molecule has 1 N–H and O–H groups in total. The first kappa shape index (κ1) is 12.8. The first-order valence-electron chi connectivity index (χ1n) is 5.75. The number of hydrogen-bond acceptors (Lipinski definition) is 4. The predicted molar refractivity (Wildman–Crippen MR) is 62.2 cm³/mol. The zero-order valence-corrected chi connectivity index (χ0v) is 10.2. The first-order valence-corrected chi connectivity index (χ1v) is 5.75. The molecule has 90 valence electrons. The lowest BCUT2D eigenvalue weighted by molar-refractivity contribution is -0.118. The van der Waals surface area contributed by atoms with Crippen molar-refractivity contribution in [1.82, 2.24) is 20.1 Å². The lowest BCUT2D eigenvalue weighted by Gasteiger charge is -2.07. The summed E-state index contributed by atoms with van der Waals surface area (Å²) in [6.07, 6.45) is 2.43. The molecule has 0 bridgehead atoms. The van der Waals surface area contributed by atoms with Crippen LogP contribution in [0.4, 0.5) is 0 Å². The highest BCUT2D eigenvalue weighted by atomic mass is 16.1. The highest BCUT2D eigenvalue weighted by molar-refractivity contribution is 5.80. The van der Waals surface area contributed by atoms with Gasteiger partial charge < -0.3 is 5.32 Å². The Morgan fingerprint density at radius 2 is 2.31 bits per heavy atom. The molecular weight excluding hydrogens is 204 g/mol. The number of Topliss-reactive ketones (excluding diaryl/α,β-unsaturated/α-hetero) is 1. The molecule has 0 saturated carbocycles. The second kappa shape index (κ2) is 6.37. The Morgan fingerprint density at radius 1 is 1.56 bits per heavy atom. The van der Waals surface area contributed by atoms with Crippen molar-refractivity contribution in [2.45, 2.75) is 46.2 Å². The minimum absolute atomic E-state index is 0.204. The van der Waals surface area contributed by atoms with E-state index in [1.165, 1.54) is 6.33 Å². The van der Waals surface area contributed by atoms with Crippen molar-refractivity contribution in [1.29, 1.82) is 0 Å². The highest BCUT2D eigenvalue weighted by Crippen LogP contribution is 1.98. The second-order valence-corrected chi connectivity index (χ2v) is 4.07. The summed E-state index contributed by atoms with van der Waals surface area (Å²) < 4.78 is 1.76. The van der Waals surface area contributed by atoms with E-state index in [4.69, 9.17) is 0 Å². The zero-order chi connectivity index (χ0) is 12.0. The van der Waals surface area contributed by atoms with Crippen LogP contribution in [0, 0.1) is 0 Å². The quantitative estimate of drug-likeness (QED) is 0.744. The summed E-state index contributed by atoms with van der Waals surface area (Å²) in [6.45, 7) is 7.61. The molecule has 1 heterocycles. The number of carbonyl (C=O) groups excluding carboxylic acids is 1. The SMILES string of the molecule is CCn1ncnc1CC(=O)CCNC(C)C. The molecule has 1 aromatic heterocycles. The number of aryl methyl sites for hydroxylation is 1. The van der Waals surface area contributed by atoms with E-state index >= 15 is 0 Å². The molecule has 0 fully saturated rings. The van der Waals surface area contributed by atoms with Gasteiger partial charge in [0.25, 0.3) is 0 Å². The van der Waals surface area contributed by atoms with Gasteiger partial charge in [-0.05, 0) is 6.92 Å². The van der Waals surface area contributed by atoms with Crippen molar-refractivity contribution in [3.05, 3.63) is 12.2 Å². The van der Waals surface area contributed by atoms with Gasteiger partial charge >= 0.3 is 0 Å². The Balaban J connectivity index is 2.34. The molecular formula is C11H20N4O. The number of ketones is 1. The highest BCUT2D eigenvalue weighted by Gasteiger charge is 2.09. The Hall–Kier alpha value is -1.23. The largest absolute Gasteiger partial charge is 0.314 e. The van der Waals surface area contributed by atoms with Gasteiger partial charge in [0.2, 0.25) is 0 Å². The topological polar surface area (TPSA) is 59.8 Å². The number of carbonyl (C=O) groups is 1. The molecule has 0 aliphatic heterocycles. The van der Waals surface area contributed by atoms with Crippen molar-refractivity contribution < 1.29 is 4.79 Å². The van der Waals surface area contributed by atoms with Crippen LogP contribution in [0.2, 0.25) is 0 Å². The Kier molecular flexibility index (Phi) is 5.11. The third-order valence-corrected chi connectivity index (χ3v) is 2.31. The summed E-state index contributed by atoms with van der Waals surface area (Å²) in [5.74, 6) is 0.966. The van der Waals surface area contributed by atoms with Crippen molar-refractivity contribution in [3.63, 3.8) is 0 Å². The maximum Gasteiger partial charge on any atom is 0.141 e. The third-order valence-electron chi connectivity index (χ3n) is 2.31. The van der Waals surface area contributed by atoms with E-state index in [0.29, 0.717) is 18.9 Å². The summed E-state index contributed by atoms with van der Waals surface area (Å²) >= 11 is 0. The molecule has 5 nitrogen and oxygen atoms in total. The number of nitrogens with one attached hydrogen (secondary N) is 1. The van der Waals surface area contributed by atoms with Gasteiger partial charge in [0.1, 0.15) is 17.9 Å². The molecule has 0 aliphatic carbocycles. The maximum absolute atomic E-state index is 11.6. The summed E-state index contributed by atoms with van der Waals surface area (Å²) in [5, 5.41) is 7.25. The van der Waals surface area contributed by atoms with Crippen LogP contribution in [-0.4, -0.2) is 33.1 Å². The van der Waals surface area contributed by atoms with Crippen LogP contribution in [0.1, 0.15) is 33.0 Å². The van der Waals surface area contributed by atoms with Crippen molar-refractivity contribution in [3.8, 4) is 0 Å². The first-order chi connectivity index (χ1) is 7.63. The molecule has 0 spiro atoms. The van der Waals surface area contributed by atoms with E-state index in [1.54, 1.807) is 4.68 Å². The van der Waals surface area contributed by atoms with Gasteiger partial charge in [0, 0.05) is 25.6 Å². The fourth-order valence-electron chi connectivity index (χ4n) is 1.45. The summed E-state index contributed by atoms with van der Waals surface area (Å²) in [6, 6.07) is 0.423. The Bertz CT molecular complexity index is 332. The molecule has 0 atom stereocenters. The molecule has 0 radical (unpaired) electrons. The lowest BCUT2D eigenvalue weighted by Crippen LogP contribution is -2.26. The van der Waals surface area contributed by atoms with Crippen LogP contribution in [0.25, 0.3) is 0 Å². The monoisotopic (exact) mass is 224 g/mol. The van der Waals surface area contributed by atoms with E-state index in [1.807, 2.05) is 6.92 Å². The number of nitrogens with zero attached hydrogens (tertiary/aromatic N) is 3. The minimum Gasteiger partial charge on any atom is -0.314 e. The fraction of sp³-hybridized carbons (Fsp3) is 0.727. The van der Waals surface area contributed by atoms with Gasteiger partial charge in [-0.25, -0.2) is 9.67 Å². The molecule has 1 rings (SSSR count). The Labute approximate surface area is 96.3 Å². The predicted octanol–water partition coefficient (Wildman–Crippen LogP) is 0.798. The molecule has 5 heteroatoms. The standard InChI is InChI=1S/C11H20N4O/c1-4-15-11(13-8-14-15)7-10(16)5-6-12-9(2)3/h8-9,12H,4-7H2,1-3H3. The van der Waals surface area contributed by atoms with Crippen LogP contribution in [0.3, 0.4) is 0 Å². The Morgan fingerprint density at radius 3 is 2.94 bits per heavy atom. The van der Waals surface area contributed by atoms with Crippen molar-refractivity contribution in [2.75, 3.05) is 6.54 Å². The van der Waals surface area contributed by atoms with Crippen LogP contribution in [0.15, 0.2) is 6.33 Å². The third kappa shape index (κ3) is 4.10. The van der Waals surface area contributed by atoms with E-state index in [9.17, 15) is 4.79 Å². The van der Waals surface area contributed by atoms with Gasteiger partial charge in [-0.2, -0.15) is 5.10 Å². The van der Waals surface area contributed by atoms with Crippen LogP contribution < -0.4 is 5.32 Å². The van der Waals surface area contributed by atoms with Crippen LogP contribution in [0.5, 0.6) is 0 Å². The summed E-state index contributed by atoms with van der Waals surface area (Å²) in [5.41, 5.74) is 0. The molecule has 0 unspecified atom stereocenters. The minimum atomic E-state index is 0.204. The molecule has 0 saturated heterocycles. The maximum atomic E-state index is 11.6. The van der Waals surface area contributed by atoms with Crippen molar-refractivity contribution >= 4 is 5.78 Å².